The predicted octanol–water partition coefficient (Wildman–Crippen LogP) is 2.79. The maximum absolute atomic E-state index is 12.1. The Balaban J connectivity index is 1.60. The highest BCUT2D eigenvalue weighted by molar-refractivity contribution is 7.15. The van der Waals surface area contributed by atoms with E-state index < -0.39 is 0 Å². The molecule has 2 heterocycles. The Morgan fingerprint density at radius 1 is 1.45 bits per heavy atom. The first-order chi connectivity index (χ1) is 10.7. The summed E-state index contributed by atoms with van der Waals surface area (Å²) < 4.78 is 5.66. The van der Waals surface area contributed by atoms with E-state index in [1.807, 2.05) is 38.1 Å². The Morgan fingerprint density at radius 2 is 2.27 bits per heavy atom. The average molecular weight is 318 g/mol. The summed E-state index contributed by atoms with van der Waals surface area (Å²) in [6.45, 7) is 4.57. The number of hydrogen-bond donors (Lipinski definition) is 2. The molecule has 2 N–H and O–H groups in total. The van der Waals surface area contributed by atoms with Crippen LogP contribution in [0, 0.1) is 0 Å². The van der Waals surface area contributed by atoms with Gasteiger partial charge in [-0.25, -0.2) is 4.79 Å². The van der Waals surface area contributed by atoms with E-state index in [0.717, 1.165) is 22.7 Å². The first-order valence-electron chi connectivity index (χ1n) is 7.29. The molecule has 0 unspecified atom stereocenters. The quantitative estimate of drug-likeness (QED) is 0.909. The zero-order valence-corrected chi connectivity index (χ0v) is 13.3. The number of anilines is 1. The Bertz CT molecular complexity index is 673. The molecule has 2 amide bonds. The van der Waals surface area contributed by atoms with Crippen LogP contribution < -0.4 is 15.4 Å². The molecule has 2 atom stereocenters. The van der Waals surface area contributed by atoms with Gasteiger partial charge in [0.25, 0.3) is 0 Å². The van der Waals surface area contributed by atoms with Crippen molar-refractivity contribution >= 4 is 22.5 Å². The fraction of sp³-hybridized carbons (Fsp3) is 0.400. The highest BCUT2D eigenvalue weighted by Gasteiger charge is 2.29. The number of para-hydroxylation sites is 1. The van der Waals surface area contributed by atoms with Crippen molar-refractivity contribution in [1.82, 2.24) is 15.5 Å². The minimum Gasteiger partial charge on any atom is -0.493 e. The van der Waals surface area contributed by atoms with Crippen LogP contribution in [0.5, 0.6) is 5.75 Å². The number of fused-ring (bicyclic) bond motifs is 1. The number of carbonyl (C=O) groups is 1. The molecule has 3 rings (SSSR count). The lowest BCUT2D eigenvalue weighted by Crippen LogP contribution is -2.40. The molecule has 1 aromatic heterocycles. The molecular formula is C15H18N4O2S. The zero-order chi connectivity index (χ0) is 15.5. The molecule has 0 saturated carbocycles. The first-order valence-corrected chi connectivity index (χ1v) is 8.10. The van der Waals surface area contributed by atoms with E-state index >= 15 is 0 Å². The molecule has 2 aromatic rings. The van der Waals surface area contributed by atoms with Crippen LogP contribution in [0.25, 0.3) is 0 Å². The van der Waals surface area contributed by atoms with E-state index in [2.05, 4.69) is 20.8 Å². The average Bonchev–Trinajstić information content (AvgIpc) is 3.13. The summed E-state index contributed by atoms with van der Waals surface area (Å²) in [4.78, 5) is 12.1. The van der Waals surface area contributed by atoms with Gasteiger partial charge in [0.05, 0.1) is 6.61 Å². The summed E-state index contributed by atoms with van der Waals surface area (Å²) >= 11 is 1.39. The topological polar surface area (TPSA) is 76.1 Å². The largest absolute Gasteiger partial charge is 0.493 e. The van der Waals surface area contributed by atoms with Crippen LogP contribution in [-0.4, -0.2) is 28.9 Å². The van der Waals surface area contributed by atoms with Crippen LogP contribution in [0.1, 0.15) is 30.3 Å². The van der Waals surface area contributed by atoms with E-state index in [-0.39, 0.29) is 18.0 Å². The van der Waals surface area contributed by atoms with Crippen molar-refractivity contribution < 1.29 is 9.53 Å². The SMILES string of the molecule is CCc1nnc(NC(=O)N[C@H](C)[C@@H]2COc3ccccc32)s1. The van der Waals surface area contributed by atoms with Gasteiger partial charge in [-0.05, 0) is 19.4 Å². The van der Waals surface area contributed by atoms with Gasteiger partial charge in [0, 0.05) is 17.5 Å². The lowest BCUT2D eigenvalue weighted by molar-refractivity contribution is 0.244. The molecule has 6 nitrogen and oxygen atoms in total. The number of nitrogens with zero attached hydrogens (tertiary/aromatic N) is 2. The maximum atomic E-state index is 12.1. The van der Waals surface area contributed by atoms with Gasteiger partial charge in [0.2, 0.25) is 5.13 Å². The van der Waals surface area contributed by atoms with Gasteiger partial charge >= 0.3 is 6.03 Å². The number of rotatable bonds is 4. The van der Waals surface area contributed by atoms with Crippen molar-refractivity contribution in [2.45, 2.75) is 32.2 Å². The molecule has 7 heteroatoms. The zero-order valence-electron chi connectivity index (χ0n) is 12.5. The molecule has 1 aliphatic rings. The molecule has 116 valence electrons. The van der Waals surface area contributed by atoms with E-state index in [9.17, 15) is 4.79 Å². The Kier molecular flexibility index (Phi) is 4.24. The number of urea groups is 1. The van der Waals surface area contributed by atoms with Crippen LogP contribution in [-0.2, 0) is 6.42 Å². The lowest BCUT2D eigenvalue weighted by Gasteiger charge is -2.19. The van der Waals surface area contributed by atoms with Gasteiger partial charge in [-0.3, -0.25) is 5.32 Å². The molecular weight excluding hydrogens is 300 g/mol. The van der Waals surface area contributed by atoms with Crippen molar-refractivity contribution in [1.29, 1.82) is 0 Å². The monoisotopic (exact) mass is 318 g/mol. The molecule has 0 saturated heterocycles. The lowest BCUT2D eigenvalue weighted by atomic mass is 9.94. The van der Waals surface area contributed by atoms with E-state index in [1.54, 1.807) is 0 Å². The first kappa shape index (κ1) is 14.8. The number of aryl methyl sites for hydroxylation is 1. The number of benzene rings is 1. The second kappa shape index (κ2) is 6.31. The maximum Gasteiger partial charge on any atom is 0.321 e. The van der Waals surface area contributed by atoms with Crippen LogP contribution in [0.2, 0.25) is 0 Å². The normalized spacial score (nSPS) is 17.5. The number of hydrogen-bond acceptors (Lipinski definition) is 5. The van der Waals surface area contributed by atoms with Crippen molar-refractivity contribution in [3.8, 4) is 5.75 Å². The van der Waals surface area contributed by atoms with Gasteiger partial charge < -0.3 is 10.1 Å². The summed E-state index contributed by atoms with van der Waals surface area (Å²) in [7, 11) is 0. The van der Waals surface area contributed by atoms with E-state index in [0.29, 0.717) is 11.7 Å². The van der Waals surface area contributed by atoms with Crippen LogP contribution >= 0.6 is 11.3 Å². The summed E-state index contributed by atoms with van der Waals surface area (Å²) in [6, 6.07) is 7.63. The number of nitrogens with one attached hydrogen (secondary N) is 2. The Morgan fingerprint density at radius 3 is 3.05 bits per heavy atom. The van der Waals surface area contributed by atoms with Crippen LogP contribution in [0.4, 0.5) is 9.93 Å². The summed E-state index contributed by atoms with van der Waals surface area (Å²) in [5.41, 5.74) is 1.14. The minimum atomic E-state index is -0.268. The third-order valence-electron chi connectivity index (χ3n) is 3.69. The second-order valence-corrected chi connectivity index (χ2v) is 6.26. The Labute approximate surface area is 132 Å². The van der Waals surface area contributed by atoms with Gasteiger partial charge in [-0.2, -0.15) is 0 Å². The molecule has 1 aromatic carbocycles. The molecule has 0 aliphatic carbocycles. The van der Waals surface area contributed by atoms with E-state index in [4.69, 9.17) is 4.74 Å². The molecule has 22 heavy (non-hydrogen) atoms. The highest BCUT2D eigenvalue weighted by atomic mass is 32.1. The summed E-state index contributed by atoms with van der Waals surface area (Å²) in [5, 5.41) is 15.0. The molecule has 0 bridgehead atoms. The number of aromatic nitrogens is 2. The number of amides is 2. The third-order valence-corrected chi connectivity index (χ3v) is 4.67. The summed E-state index contributed by atoms with van der Waals surface area (Å²) in [6.07, 6.45) is 0.813. The van der Waals surface area contributed by atoms with Crippen LogP contribution in [0.3, 0.4) is 0 Å². The molecule has 0 fully saturated rings. The number of ether oxygens (including phenoxy) is 1. The van der Waals surface area contributed by atoms with Crippen molar-refractivity contribution in [3.63, 3.8) is 0 Å². The summed E-state index contributed by atoms with van der Waals surface area (Å²) in [5.74, 6) is 1.06. The highest BCUT2D eigenvalue weighted by Crippen LogP contribution is 2.35. The van der Waals surface area contributed by atoms with Gasteiger partial charge in [-0.1, -0.05) is 36.5 Å². The van der Waals surface area contributed by atoms with Crippen molar-refractivity contribution in [3.05, 3.63) is 34.8 Å². The molecule has 0 radical (unpaired) electrons. The van der Waals surface area contributed by atoms with Gasteiger partial charge in [0.1, 0.15) is 10.8 Å². The number of carbonyl (C=O) groups excluding carboxylic acids is 1. The smallest absolute Gasteiger partial charge is 0.321 e. The standard InChI is InChI=1S/C15H18N4O2S/c1-3-13-18-19-15(22-13)17-14(20)16-9(2)11-8-21-12-7-5-4-6-10(11)12/h4-7,9,11H,3,8H2,1-2H3,(H2,16,17,19,20)/t9-,11+/m1/s1. The molecule has 0 spiro atoms. The third kappa shape index (κ3) is 3.04. The Hall–Kier alpha value is -2.15. The minimum absolute atomic E-state index is 0.0396. The van der Waals surface area contributed by atoms with Crippen LogP contribution in [0.15, 0.2) is 24.3 Å². The van der Waals surface area contributed by atoms with Gasteiger partial charge in [0.15, 0.2) is 0 Å². The fourth-order valence-corrected chi connectivity index (χ4v) is 3.16. The fourth-order valence-electron chi connectivity index (χ4n) is 2.49. The predicted molar refractivity (Wildman–Crippen MR) is 85.6 cm³/mol. The van der Waals surface area contributed by atoms with E-state index in [1.165, 1.54) is 11.3 Å². The van der Waals surface area contributed by atoms with Gasteiger partial charge in [-0.15, -0.1) is 10.2 Å². The van der Waals surface area contributed by atoms with Crippen molar-refractivity contribution in [2.24, 2.45) is 0 Å². The second-order valence-electron chi connectivity index (χ2n) is 5.20. The molecule has 1 aliphatic heterocycles. The van der Waals surface area contributed by atoms with Crippen molar-refractivity contribution in [2.75, 3.05) is 11.9 Å².